The van der Waals surface area contributed by atoms with E-state index in [0.717, 1.165) is 18.7 Å². The molecule has 8 heteroatoms. The number of cyclic esters (lactones) is 1. The van der Waals surface area contributed by atoms with E-state index in [-0.39, 0.29) is 12.2 Å². The summed E-state index contributed by atoms with van der Waals surface area (Å²) in [4.78, 5) is 15.0. The Morgan fingerprint density at radius 3 is 2.58 bits per heavy atom. The summed E-state index contributed by atoms with van der Waals surface area (Å²) in [5.74, 6) is 0. The number of aliphatic hydroxyl groups is 1. The van der Waals surface area contributed by atoms with Gasteiger partial charge in [-0.3, -0.25) is 0 Å². The highest BCUT2D eigenvalue weighted by Gasteiger charge is 2.37. The lowest BCUT2D eigenvalue weighted by Gasteiger charge is -2.39. The molecule has 1 atom stereocenters. The Labute approximate surface area is 150 Å². The highest BCUT2D eigenvalue weighted by molar-refractivity contribution is 5.69. The fourth-order valence-corrected chi connectivity index (χ4v) is 3.55. The first-order valence-corrected chi connectivity index (χ1v) is 8.72. The summed E-state index contributed by atoms with van der Waals surface area (Å²) in [7, 11) is 1.69. The number of alkyl halides is 3. The number of benzene rings is 1. The zero-order chi connectivity index (χ0) is 18.9. The minimum absolute atomic E-state index is 0.128. The predicted molar refractivity (Wildman–Crippen MR) is 88.5 cm³/mol. The van der Waals surface area contributed by atoms with Crippen molar-refractivity contribution in [3.63, 3.8) is 0 Å². The molecule has 5 nitrogen and oxygen atoms in total. The van der Waals surface area contributed by atoms with Crippen LogP contribution in [0.3, 0.4) is 0 Å². The minimum atomic E-state index is -4.42. The Morgan fingerprint density at radius 1 is 1.31 bits per heavy atom. The number of hydrogen-bond donors (Lipinski definition) is 1. The van der Waals surface area contributed by atoms with Crippen LogP contribution in [0.15, 0.2) is 24.3 Å². The SMILES string of the molecule is CN1CC(CCN2CCC(O)(c3cccc(C(F)(F)F)c3)CC2)OC1=O. The van der Waals surface area contributed by atoms with Crippen molar-refractivity contribution >= 4 is 6.09 Å². The van der Waals surface area contributed by atoms with E-state index >= 15 is 0 Å². The molecule has 1 aromatic carbocycles. The third kappa shape index (κ3) is 4.12. The first kappa shape index (κ1) is 19.0. The number of carbonyl (C=O) groups excluding carboxylic acids is 1. The molecule has 3 rings (SSSR count). The van der Waals surface area contributed by atoms with Gasteiger partial charge >= 0.3 is 12.3 Å². The van der Waals surface area contributed by atoms with E-state index in [1.165, 1.54) is 11.0 Å². The summed E-state index contributed by atoms with van der Waals surface area (Å²) >= 11 is 0. The van der Waals surface area contributed by atoms with Crippen molar-refractivity contribution in [2.45, 2.75) is 37.1 Å². The molecule has 2 fully saturated rings. The number of ether oxygens (including phenoxy) is 1. The van der Waals surface area contributed by atoms with Crippen molar-refractivity contribution in [3.8, 4) is 0 Å². The Bertz CT molecular complexity index is 657. The Balaban J connectivity index is 1.55. The summed E-state index contributed by atoms with van der Waals surface area (Å²) < 4.78 is 43.9. The Kier molecular flexibility index (Phi) is 5.16. The number of likely N-dealkylation sites (N-methyl/N-ethyl adjacent to an activating group) is 1. The van der Waals surface area contributed by atoms with Crippen molar-refractivity contribution in [1.82, 2.24) is 9.80 Å². The van der Waals surface area contributed by atoms with Crippen LogP contribution in [0.4, 0.5) is 18.0 Å². The van der Waals surface area contributed by atoms with Gasteiger partial charge in [0.15, 0.2) is 0 Å². The quantitative estimate of drug-likeness (QED) is 0.883. The van der Waals surface area contributed by atoms with Crippen LogP contribution in [0.5, 0.6) is 0 Å². The number of nitrogens with zero attached hydrogens (tertiary/aromatic N) is 2. The number of rotatable bonds is 4. The van der Waals surface area contributed by atoms with E-state index in [4.69, 9.17) is 4.74 Å². The average Bonchev–Trinajstić information content (AvgIpc) is 2.92. The molecular weight excluding hydrogens is 349 g/mol. The van der Waals surface area contributed by atoms with Crippen LogP contribution in [0.25, 0.3) is 0 Å². The molecule has 26 heavy (non-hydrogen) atoms. The predicted octanol–water partition coefficient (Wildman–Crippen LogP) is 2.83. The molecule has 2 aliphatic heterocycles. The monoisotopic (exact) mass is 372 g/mol. The summed E-state index contributed by atoms with van der Waals surface area (Å²) in [5, 5.41) is 10.8. The number of hydrogen-bond acceptors (Lipinski definition) is 4. The van der Waals surface area contributed by atoms with Crippen molar-refractivity contribution in [3.05, 3.63) is 35.4 Å². The molecule has 0 aliphatic carbocycles. The smallest absolute Gasteiger partial charge is 0.416 e. The first-order chi connectivity index (χ1) is 12.2. The van der Waals surface area contributed by atoms with Gasteiger partial charge in [-0.15, -0.1) is 0 Å². The summed E-state index contributed by atoms with van der Waals surface area (Å²) in [6, 6.07) is 4.96. The number of carbonyl (C=O) groups is 1. The van der Waals surface area contributed by atoms with Crippen LogP contribution in [-0.2, 0) is 16.5 Å². The molecular formula is C18H23F3N2O3. The van der Waals surface area contributed by atoms with Gasteiger partial charge in [-0.25, -0.2) is 4.79 Å². The largest absolute Gasteiger partial charge is 0.444 e. The second-order valence-corrected chi connectivity index (χ2v) is 7.13. The summed E-state index contributed by atoms with van der Waals surface area (Å²) in [6.45, 7) is 2.47. The van der Waals surface area contributed by atoms with Gasteiger partial charge < -0.3 is 19.6 Å². The Morgan fingerprint density at radius 2 is 2.00 bits per heavy atom. The van der Waals surface area contributed by atoms with Crippen LogP contribution >= 0.6 is 0 Å². The second-order valence-electron chi connectivity index (χ2n) is 7.13. The lowest BCUT2D eigenvalue weighted by Crippen LogP contribution is -2.43. The van der Waals surface area contributed by atoms with Crippen LogP contribution in [0.1, 0.15) is 30.4 Å². The number of likely N-dealkylation sites (tertiary alicyclic amines) is 1. The molecule has 1 unspecified atom stereocenters. The molecule has 0 spiro atoms. The van der Waals surface area contributed by atoms with E-state index < -0.39 is 17.3 Å². The third-order valence-electron chi connectivity index (χ3n) is 5.23. The van der Waals surface area contributed by atoms with Gasteiger partial charge in [-0.2, -0.15) is 13.2 Å². The maximum absolute atomic E-state index is 12.9. The van der Waals surface area contributed by atoms with Gasteiger partial charge in [-0.1, -0.05) is 12.1 Å². The molecule has 2 saturated heterocycles. The van der Waals surface area contributed by atoms with E-state index in [9.17, 15) is 23.1 Å². The van der Waals surface area contributed by atoms with E-state index in [1.807, 2.05) is 0 Å². The van der Waals surface area contributed by atoms with Crippen LogP contribution in [0, 0.1) is 0 Å². The van der Waals surface area contributed by atoms with Gasteiger partial charge in [0.1, 0.15) is 6.10 Å². The average molecular weight is 372 g/mol. The van der Waals surface area contributed by atoms with Gasteiger partial charge in [0.2, 0.25) is 0 Å². The number of piperidine rings is 1. The van der Waals surface area contributed by atoms with Crippen molar-refractivity contribution in [2.24, 2.45) is 0 Å². The second kappa shape index (κ2) is 7.08. The maximum atomic E-state index is 12.9. The maximum Gasteiger partial charge on any atom is 0.416 e. The van der Waals surface area contributed by atoms with Crippen LogP contribution < -0.4 is 0 Å². The highest BCUT2D eigenvalue weighted by atomic mass is 19.4. The molecule has 1 amide bonds. The fourth-order valence-electron chi connectivity index (χ4n) is 3.55. The van der Waals surface area contributed by atoms with Gasteiger partial charge in [0, 0.05) is 26.7 Å². The normalized spacial score (nSPS) is 24.0. The number of halogens is 3. The van der Waals surface area contributed by atoms with Gasteiger partial charge in [0.05, 0.1) is 17.7 Å². The summed E-state index contributed by atoms with van der Waals surface area (Å²) in [5.41, 5.74) is -1.66. The zero-order valence-corrected chi connectivity index (χ0v) is 14.6. The van der Waals surface area contributed by atoms with Crippen LogP contribution in [0.2, 0.25) is 0 Å². The van der Waals surface area contributed by atoms with Gasteiger partial charge in [-0.05, 0) is 37.0 Å². The molecule has 2 aliphatic rings. The molecule has 0 aromatic heterocycles. The van der Waals surface area contributed by atoms with Crippen LogP contribution in [-0.4, -0.2) is 60.3 Å². The topological polar surface area (TPSA) is 53.0 Å². The molecule has 1 aromatic rings. The molecule has 0 saturated carbocycles. The lowest BCUT2D eigenvalue weighted by atomic mass is 9.83. The molecule has 0 bridgehead atoms. The highest BCUT2D eigenvalue weighted by Crippen LogP contribution is 2.36. The minimum Gasteiger partial charge on any atom is -0.444 e. The first-order valence-electron chi connectivity index (χ1n) is 8.72. The van der Waals surface area contributed by atoms with Crippen molar-refractivity contribution < 1.29 is 27.8 Å². The molecule has 2 heterocycles. The summed E-state index contributed by atoms with van der Waals surface area (Å²) in [6.07, 6.45) is -3.40. The van der Waals surface area contributed by atoms with Gasteiger partial charge in [0.25, 0.3) is 0 Å². The third-order valence-corrected chi connectivity index (χ3v) is 5.23. The lowest BCUT2D eigenvalue weighted by molar-refractivity contribution is -0.137. The standard InChI is InChI=1S/C18H23F3N2O3/c1-22-12-15(26-16(22)24)5-8-23-9-6-17(25,7-10-23)13-3-2-4-14(11-13)18(19,20)21/h2-4,11,15,25H,5-10,12H2,1H3. The van der Waals surface area contributed by atoms with Crippen molar-refractivity contribution in [2.75, 3.05) is 33.2 Å². The van der Waals surface area contributed by atoms with Crippen molar-refractivity contribution in [1.29, 1.82) is 0 Å². The van der Waals surface area contributed by atoms with E-state index in [0.29, 0.717) is 44.5 Å². The fraction of sp³-hybridized carbons (Fsp3) is 0.611. The Hall–Kier alpha value is -1.80. The molecule has 1 N–H and O–H groups in total. The van der Waals surface area contributed by atoms with E-state index in [2.05, 4.69) is 4.90 Å². The molecule has 144 valence electrons. The van der Waals surface area contributed by atoms with E-state index in [1.54, 1.807) is 13.1 Å². The number of amides is 1. The zero-order valence-electron chi connectivity index (χ0n) is 14.6. The molecule has 0 radical (unpaired) electrons.